The molecular formula is C25H16F6N4. The topological polar surface area (TPSA) is 50.2 Å². The molecule has 0 saturated carbocycles. The molecule has 2 heterocycles. The number of rotatable bonds is 4. The summed E-state index contributed by atoms with van der Waals surface area (Å²) < 4.78 is 79.5. The zero-order valence-corrected chi connectivity index (χ0v) is 18.1. The zero-order chi connectivity index (χ0) is 25.0. The molecule has 178 valence electrons. The van der Waals surface area contributed by atoms with E-state index < -0.39 is 29.2 Å². The van der Waals surface area contributed by atoms with Crippen LogP contribution in [0, 0.1) is 0 Å². The van der Waals surface area contributed by atoms with Crippen LogP contribution in [0.1, 0.15) is 24.5 Å². The van der Waals surface area contributed by atoms with Crippen molar-refractivity contribution in [3.8, 4) is 11.3 Å². The second kappa shape index (κ2) is 8.07. The molecular weight excluding hydrogens is 470 g/mol. The van der Waals surface area contributed by atoms with Gasteiger partial charge in [-0.05, 0) is 30.7 Å². The summed E-state index contributed by atoms with van der Waals surface area (Å²) >= 11 is 0. The van der Waals surface area contributed by atoms with Crippen LogP contribution in [0.15, 0.2) is 65.7 Å². The molecule has 5 rings (SSSR count). The van der Waals surface area contributed by atoms with Crippen molar-refractivity contribution in [2.75, 3.05) is 5.32 Å². The maximum absolute atomic E-state index is 13.2. The summed E-state index contributed by atoms with van der Waals surface area (Å²) in [4.78, 5) is 4.47. The molecule has 0 spiro atoms. The lowest BCUT2D eigenvalue weighted by molar-refractivity contribution is -0.143. The third kappa shape index (κ3) is 4.20. The van der Waals surface area contributed by atoms with Crippen LogP contribution in [0.3, 0.4) is 0 Å². The van der Waals surface area contributed by atoms with E-state index in [1.807, 2.05) is 25.1 Å². The van der Waals surface area contributed by atoms with Crippen molar-refractivity contribution in [1.29, 1.82) is 0 Å². The van der Waals surface area contributed by atoms with Gasteiger partial charge in [0.25, 0.3) is 0 Å². The number of hydrogen-bond donors (Lipinski definition) is 1. The van der Waals surface area contributed by atoms with E-state index >= 15 is 0 Å². The first-order valence-corrected chi connectivity index (χ1v) is 10.6. The minimum Gasteiger partial charge on any atom is -0.338 e. The first-order valence-electron chi connectivity index (χ1n) is 10.6. The zero-order valence-electron chi connectivity index (χ0n) is 18.1. The molecule has 1 N–H and O–H groups in total. The van der Waals surface area contributed by atoms with Crippen LogP contribution in [0.25, 0.3) is 27.7 Å². The van der Waals surface area contributed by atoms with E-state index in [4.69, 9.17) is 0 Å². The molecule has 0 amide bonds. The molecule has 1 aromatic heterocycles. The number of anilines is 2. The number of alkyl halides is 6. The normalized spacial score (nSPS) is 13.3. The van der Waals surface area contributed by atoms with Crippen LogP contribution in [-0.2, 0) is 12.4 Å². The largest absolute Gasteiger partial charge is 0.416 e. The predicted molar refractivity (Wildman–Crippen MR) is 119 cm³/mol. The number of halogens is 6. The van der Waals surface area contributed by atoms with Gasteiger partial charge in [-0.2, -0.15) is 26.3 Å². The van der Waals surface area contributed by atoms with Crippen molar-refractivity contribution in [1.82, 2.24) is 10.2 Å². The molecule has 0 atom stereocenters. The predicted octanol–water partition coefficient (Wildman–Crippen LogP) is 6.23. The monoisotopic (exact) mass is 486 g/mol. The van der Waals surface area contributed by atoms with Crippen LogP contribution in [0.4, 0.5) is 37.8 Å². The van der Waals surface area contributed by atoms with Gasteiger partial charge in [-0.3, -0.25) is 4.99 Å². The van der Waals surface area contributed by atoms with Crippen molar-refractivity contribution in [2.45, 2.75) is 25.7 Å². The standard InChI is InChI=1S/C25H16F6N4/c1-2-20-19-8-7-13(9-21(19)33-20)22-17-5-3-4-6-18(17)23(35-34-22)32-16-11-14(24(26,27)28)10-15(12-16)25(29,30)31/h3-12H,2H2,1H3,(H,32,35). The number of fused-ring (bicyclic) bond motifs is 2. The molecule has 0 radical (unpaired) electrons. The summed E-state index contributed by atoms with van der Waals surface area (Å²) in [7, 11) is 0. The molecule has 35 heavy (non-hydrogen) atoms. The summed E-state index contributed by atoms with van der Waals surface area (Å²) in [5, 5.41) is 14.0. The Morgan fingerprint density at radius 1 is 0.771 bits per heavy atom. The lowest BCUT2D eigenvalue weighted by atomic mass is 10.0. The minimum absolute atomic E-state index is 0.0343. The Hall–Kier alpha value is -3.95. The van der Waals surface area contributed by atoms with E-state index in [-0.39, 0.29) is 11.9 Å². The second-order valence-corrected chi connectivity index (χ2v) is 8.01. The Morgan fingerprint density at radius 3 is 2.03 bits per heavy atom. The molecule has 0 bridgehead atoms. The van der Waals surface area contributed by atoms with Gasteiger partial charge in [0.15, 0.2) is 5.82 Å². The molecule has 0 unspecified atom stereocenters. The van der Waals surface area contributed by atoms with Crippen molar-refractivity contribution in [3.63, 3.8) is 0 Å². The van der Waals surface area contributed by atoms with Gasteiger partial charge in [0, 0.05) is 27.2 Å². The fourth-order valence-corrected chi connectivity index (χ4v) is 4.01. The smallest absolute Gasteiger partial charge is 0.338 e. The third-order valence-electron chi connectivity index (χ3n) is 5.71. The number of nitrogens with zero attached hydrogens (tertiary/aromatic N) is 3. The molecule has 4 aromatic rings. The number of nitrogens with one attached hydrogen (secondary N) is 1. The van der Waals surface area contributed by atoms with Gasteiger partial charge in [0.05, 0.1) is 22.2 Å². The molecule has 1 aliphatic rings. The van der Waals surface area contributed by atoms with Crippen LogP contribution >= 0.6 is 0 Å². The van der Waals surface area contributed by atoms with E-state index in [9.17, 15) is 26.3 Å². The lowest BCUT2D eigenvalue weighted by Crippen LogP contribution is -2.34. The van der Waals surface area contributed by atoms with Gasteiger partial charge in [-0.25, -0.2) is 0 Å². The van der Waals surface area contributed by atoms with E-state index in [1.165, 1.54) is 0 Å². The molecule has 0 saturated heterocycles. The van der Waals surface area contributed by atoms with E-state index in [0.717, 1.165) is 28.3 Å². The molecule has 0 aliphatic carbocycles. The molecule has 10 heteroatoms. The Bertz CT molecular complexity index is 1560. The molecule has 4 nitrogen and oxygen atoms in total. The van der Waals surface area contributed by atoms with Gasteiger partial charge in [-0.1, -0.05) is 43.3 Å². The third-order valence-corrected chi connectivity index (χ3v) is 5.71. The highest BCUT2D eigenvalue weighted by Crippen LogP contribution is 2.39. The van der Waals surface area contributed by atoms with Crippen molar-refractivity contribution in [3.05, 3.63) is 82.4 Å². The van der Waals surface area contributed by atoms with Crippen molar-refractivity contribution in [2.24, 2.45) is 4.99 Å². The average molecular weight is 486 g/mol. The van der Waals surface area contributed by atoms with Gasteiger partial charge in [0.1, 0.15) is 5.69 Å². The Labute approximate surface area is 194 Å². The van der Waals surface area contributed by atoms with Crippen molar-refractivity contribution >= 4 is 28.0 Å². The van der Waals surface area contributed by atoms with Gasteiger partial charge >= 0.3 is 12.4 Å². The average Bonchev–Trinajstić information content (AvgIpc) is 2.79. The van der Waals surface area contributed by atoms with Crippen LogP contribution < -0.4 is 15.9 Å². The molecule has 3 aromatic carbocycles. The van der Waals surface area contributed by atoms with Crippen LogP contribution in [-0.4, -0.2) is 10.2 Å². The number of hydrogen-bond acceptors (Lipinski definition) is 4. The summed E-state index contributed by atoms with van der Waals surface area (Å²) in [5.41, 5.74) is -0.954. The van der Waals surface area contributed by atoms with E-state index in [2.05, 4.69) is 20.5 Å². The Kier molecular flexibility index (Phi) is 5.26. The minimum atomic E-state index is -4.95. The summed E-state index contributed by atoms with van der Waals surface area (Å²) in [6.07, 6.45) is -9.09. The first-order chi connectivity index (χ1) is 16.5. The first kappa shape index (κ1) is 22.8. The summed E-state index contributed by atoms with van der Waals surface area (Å²) in [6, 6.07) is 13.9. The highest BCUT2D eigenvalue weighted by Gasteiger charge is 2.37. The van der Waals surface area contributed by atoms with Crippen LogP contribution in [0.2, 0.25) is 0 Å². The maximum atomic E-state index is 13.2. The fraction of sp³-hybridized carbons (Fsp3) is 0.160. The van der Waals surface area contributed by atoms with Crippen molar-refractivity contribution < 1.29 is 26.3 Å². The quantitative estimate of drug-likeness (QED) is 0.348. The molecule has 0 fully saturated rings. The Morgan fingerprint density at radius 2 is 1.43 bits per heavy atom. The maximum Gasteiger partial charge on any atom is 0.416 e. The highest BCUT2D eigenvalue weighted by molar-refractivity contribution is 6.00. The number of aromatic nitrogens is 2. The lowest BCUT2D eigenvalue weighted by Gasteiger charge is -2.16. The SMILES string of the molecule is CCC1=c2ccc(-c3nnc(Nc4cc(C(F)(F)F)cc(C(F)(F)F)c4)c4ccccc34)cc2=N1. The number of benzene rings is 3. The second-order valence-electron chi connectivity index (χ2n) is 8.01. The van der Waals surface area contributed by atoms with Crippen LogP contribution in [0.5, 0.6) is 0 Å². The fourth-order valence-electron chi connectivity index (χ4n) is 4.01. The van der Waals surface area contributed by atoms with Gasteiger partial charge in [-0.15, -0.1) is 10.2 Å². The van der Waals surface area contributed by atoms with Gasteiger partial charge < -0.3 is 5.32 Å². The van der Waals surface area contributed by atoms with Gasteiger partial charge in [0.2, 0.25) is 0 Å². The molecule has 1 aliphatic heterocycles. The van der Waals surface area contributed by atoms with E-state index in [1.54, 1.807) is 24.3 Å². The van der Waals surface area contributed by atoms with E-state index in [0.29, 0.717) is 28.6 Å². The summed E-state index contributed by atoms with van der Waals surface area (Å²) in [6.45, 7) is 2.02. The summed E-state index contributed by atoms with van der Waals surface area (Å²) in [5.74, 6) is 0.0343. The Balaban J connectivity index is 1.60. The highest BCUT2D eigenvalue weighted by atomic mass is 19.4.